The topological polar surface area (TPSA) is 78.8 Å². The predicted octanol–water partition coefficient (Wildman–Crippen LogP) is 3.92. The lowest BCUT2D eigenvalue weighted by atomic mass is 9.77. The van der Waals surface area contributed by atoms with E-state index in [1.54, 1.807) is 7.11 Å². The van der Waals surface area contributed by atoms with Crippen LogP contribution in [0.25, 0.3) is 0 Å². The fraction of sp³-hybridized carbons (Fsp3) is 0.522. The van der Waals surface area contributed by atoms with Gasteiger partial charge >= 0.3 is 12.1 Å². The van der Waals surface area contributed by atoms with Gasteiger partial charge < -0.3 is 14.7 Å². The fourth-order valence-corrected chi connectivity index (χ4v) is 4.28. The van der Waals surface area contributed by atoms with Crippen LogP contribution in [0.15, 0.2) is 36.7 Å². The first kappa shape index (κ1) is 24.8. The number of aryl methyl sites for hydroxylation is 1. The second kappa shape index (κ2) is 10.4. The Bertz CT molecular complexity index is 929. The molecule has 3 heterocycles. The van der Waals surface area contributed by atoms with E-state index in [-0.39, 0.29) is 0 Å². The van der Waals surface area contributed by atoms with Crippen molar-refractivity contribution >= 4 is 11.9 Å². The van der Waals surface area contributed by atoms with Gasteiger partial charge in [0.2, 0.25) is 5.95 Å². The lowest BCUT2D eigenvalue weighted by Gasteiger charge is -2.39. The molecule has 0 aliphatic carbocycles. The van der Waals surface area contributed by atoms with Crippen molar-refractivity contribution < 1.29 is 27.8 Å². The average Bonchev–Trinajstić information content (AvgIpc) is 3.19. The fourth-order valence-electron chi connectivity index (χ4n) is 4.28. The number of aromatic nitrogens is 2. The van der Waals surface area contributed by atoms with Gasteiger partial charge in [0.05, 0.1) is 7.11 Å². The molecule has 33 heavy (non-hydrogen) atoms. The molecule has 7 nitrogen and oxygen atoms in total. The van der Waals surface area contributed by atoms with Crippen LogP contribution in [-0.2, 0) is 11.3 Å². The Balaban J connectivity index is 0.000000383. The highest BCUT2D eigenvalue weighted by Gasteiger charge is 2.41. The van der Waals surface area contributed by atoms with Gasteiger partial charge in [-0.3, -0.25) is 4.90 Å². The molecular weight excluding hydrogens is 437 g/mol. The summed E-state index contributed by atoms with van der Waals surface area (Å²) in [6.07, 6.45) is 2.55. The normalized spacial score (nSPS) is 18.0. The molecule has 2 fully saturated rings. The van der Waals surface area contributed by atoms with Crippen LogP contribution in [0.1, 0.15) is 30.4 Å². The van der Waals surface area contributed by atoms with Crippen molar-refractivity contribution in [2.45, 2.75) is 38.9 Å². The van der Waals surface area contributed by atoms with Crippen molar-refractivity contribution in [1.29, 1.82) is 0 Å². The van der Waals surface area contributed by atoms with Gasteiger partial charge in [0.15, 0.2) is 0 Å². The van der Waals surface area contributed by atoms with Crippen molar-refractivity contribution in [3.63, 3.8) is 0 Å². The first-order valence-electron chi connectivity index (χ1n) is 10.8. The summed E-state index contributed by atoms with van der Waals surface area (Å²) in [5, 5.41) is 7.12. The summed E-state index contributed by atoms with van der Waals surface area (Å²) in [5.74, 6) is -0.917. The van der Waals surface area contributed by atoms with Gasteiger partial charge in [-0.1, -0.05) is 12.1 Å². The number of methoxy groups -OCH3 is 1. The molecule has 1 N–H and O–H groups in total. The third-order valence-electron chi connectivity index (χ3n) is 6.19. The number of ether oxygens (including phenoxy) is 1. The number of hydrogen-bond donors (Lipinski definition) is 1. The molecule has 0 radical (unpaired) electrons. The molecule has 0 saturated carbocycles. The quantitative estimate of drug-likeness (QED) is 0.732. The van der Waals surface area contributed by atoms with E-state index in [2.05, 4.69) is 38.0 Å². The summed E-state index contributed by atoms with van der Waals surface area (Å²) in [4.78, 5) is 22.9. The van der Waals surface area contributed by atoms with Crippen molar-refractivity contribution in [2.24, 2.45) is 5.41 Å². The van der Waals surface area contributed by atoms with Gasteiger partial charge in [0.1, 0.15) is 5.75 Å². The zero-order valence-corrected chi connectivity index (χ0v) is 18.8. The van der Waals surface area contributed by atoms with E-state index in [0.717, 1.165) is 36.9 Å². The van der Waals surface area contributed by atoms with Gasteiger partial charge in [-0.15, -0.1) is 0 Å². The minimum Gasteiger partial charge on any atom is -0.497 e. The van der Waals surface area contributed by atoms with Gasteiger partial charge in [-0.25, -0.2) is 14.8 Å². The molecule has 2 aliphatic rings. The molecule has 10 heteroatoms. The van der Waals surface area contributed by atoms with E-state index in [4.69, 9.17) is 14.6 Å². The number of halogens is 3. The summed E-state index contributed by atoms with van der Waals surface area (Å²) >= 11 is 0. The second-order valence-corrected chi connectivity index (χ2v) is 8.66. The van der Waals surface area contributed by atoms with Crippen molar-refractivity contribution in [2.75, 3.05) is 38.2 Å². The Kier molecular flexibility index (Phi) is 7.78. The highest BCUT2D eigenvalue weighted by Crippen LogP contribution is 2.41. The van der Waals surface area contributed by atoms with E-state index in [1.165, 1.54) is 37.9 Å². The van der Waals surface area contributed by atoms with Crippen LogP contribution in [0.2, 0.25) is 0 Å². The lowest BCUT2D eigenvalue weighted by Crippen LogP contribution is -2.41. The van der Waals surface area contributed by atoms with E-state index < -0.39 is 12.1 Å². The monoisotopic (exact) mass is 466 g/mol. The Labute approximate surface area is 191 Å². The zero-order valence-electron chi connectivity index (χ0n) is 18.8. The zero-order chi connectivity index (χ0) is 24.1. The third kappa shape index (κ3) is 6.80. The molecule has 4 rings (SSSR count). The molecular formula is C23H29F3N4O3. The SMILES string of the molecule is COc1cccc(CN2CCC3(CC2)CCN(c2ncc(C)cn2)C3)c1.O=C(O)C(F)(F)F. The standard InChI is InChI=1S/C21H28N4O.C2HF3O2/c1-17-13-22-20(23-14-17)25-11-8-21(16-25)6-9-24(10-7-21)15-18-4-3-5-19(12-18)26-2;3-2(4,5)1(6)7/h3-5,12-14H,6-11,15-16H2,1-2H3;(H,6,7). The van der Waals surface area contributed by atoms with Crippen LogP contribution in [0, 0.1) is 12.3 Å². The molecule has 1 aromatic heterocycles. The van der Waals surface area contributed by atoms with Crippen LogP contribution >= 0.6 is 0 Å². The lowest BCUT2D eigenvalue weighted by molar-refractivity contribution is -0.192. The first-order chi connectivity index (χ1) is 15.6. The Hall–Kier alpha value is -2.88. The van der Waals surface area contributed by atoms with Crippen LogP contribution in [0.3, 0.4) is 0 Å². The Morgan fingerprint density at radius 1 is 1.15 bits per heavy atom. The number of anilines is 1. The summed E-state index contributed by atoms with van der Waals surface area (Å²) in [5.41, 5.74) is 2.90. The molecule has 1 aromatic carbocycles. The summed E-state index contributed by atoms with van der Waals surface area (Å²) in [6, 6.07) is 8.43. The van der Waals surface area contributed by atoms with Gasteiger partial charge in [-0.05, 0) is 68.0 Å². The molecule has 0 bridgehead atoms. The van der Waals surface area contributed by atoms with E-state index in [0.29, 0.717) is 5.41 Å². The summed E-state index contributed by atoms with van der Waals surface area (Å²) in [7, 11) is 1.73. The van der Waals surface area contributed by atoms with Crippen LogP contribution < -0.4 is 9.64 Å². The molecule has 2 aromatic rings. The van der Waals surface area contributed by atoms with Crippen molar-refractivity contribution in [3.8, 4) is 5.75 Å². The Morgan fingerprint density at radius 2 is 1.76 bits per heavy atom. The molecule has 2 saturated heterocycles. The predicted molar refractivity (Wildman–Crippen MR) is 117 cm³/mol. The largest absolute Gasteiger partial charge is 0.497 e. The minimum absolute atomic E-state index is 0.444. The van der Waals surface area contributed by atoms with Crippen LogP contribution in [0.4, 0.5) is 19.1 Å². The number of benzene rings is 1. The molecule has 0 atom stereocenters. The minimum atomic E-state index is -5.08. The number of rotatable bonds is 4. The van der Waals surface area contributed by atoms with E-state index in [1.807, 2.05) is 25.4 Å². The maximum atomic E-state index is 10.6. The van der Waals surface area contributed by atoms with Crippen LogP contribution in [0.5, 0.6) is 5.75 Å². The maximum Gasteiger partial charge on any atom is 0.490 e. The number of aliphatic carboxylic acids is 1. The summed E-state index contributed by atoms with van der Waals surface area (Å²) in [6.45, 7) is 7.56. The number of carboxylic acids is 1. The average molecular weight is 467 g/mol. The van der Waals surface area contributed by atoms with Crippen molar-refractivity contribution in [3.05, 3.63) is 47.8 Å². The number of nitrogens with zero attached hydrogens (tertiary/aromatic N) is 4. The molecule has 0 unspecified atom stereocenters. The number of carbonyl (C=O) groups is 1. The molecule has 0 amide bonds. The molecule has 1 spiro atoms. The number of piperidine rings is 1. The number of carboxylic acid groups (broad SMARTS) is 1. The highest BCUT2D eigenvalue weighted by molar-refractivity contribution is 5.73. The maximum absolute atomic E-state index is 10.6. The summed E-state index contributed by atoms with van der Waals surface area (Å²) < 4.78 is 37.1. The van der Waals surface area contributed by atoms with Gasteiger partial charge in [-0.2, -0.15) is 13.2 Å². The molecule has 180 valence electrons. The van der Waals surface area contributed by atoms with E-state index >= 15 is 0 Å². The van der Waals surface area contributed by atoms with Crippen molar-refractivity contribution in [1.82, 2.24) is 14.9 Å². The highest BCUT2D eigenvalue weighted by atomic mass is 19.4. The van der Waals surface area contributed by atoms with Gasteiger partial charge in [0.25, 0.3) is 0 Å². The van der Waals surface area contributed by atoms with E-state index in [9.17, 15) is 13.2 Å². The third-order valence-corrected chi connectivity index (χ3v) is 6.19. The second-order valence-electron chi connectivity index (χ2n) is 8.66. The molecule has 2 aliphatic heterocycles. The Morgan fingerprint density at radius 3 is 2.33 bits per heavy atom. The van der Waals surface area contributed by atoms with Gasteiger partial charge in [0, 0.05) is 32.0 Å². The van der Waals surface area contributed by atoms with Crippen LogP contribution in [-0.4, -0.2) is 65.4 Å². The number of hydrogen-bond acceptors (Lipinski definition) is 6. The first-order valence-corrected chi connectivity index (χ1v) is 10.8. The number of alkyl halides is 3. The number of likely N-dealkylation sites (tertiary alicyclic amines) is 1. The smallest absolute Gasteiger partial charge is 0.490 e.